The van der Waals surface area contributed by atoms with Crippen LogP contribution >= 0.6 is 11.6 Å². The molecule has 1 aromatic heterocycles. The fourth-order valence-electron chi connectivity index (χ4n) is 2.38. The number of halogens is 1. The number of aliphatic hydroxyl groups excluding tert-OH is 1. The largest absolute Gasteiger partial charge is 0.394 e. The number of nitrogens with one attached hydrogen (secondary N) is 1. The Hall–Kier alpha value is -1.11. The van der Waals surface area contributed by atoms with Crippen LogP contribution in [0.5, 0.6) is 0 Å². The van der Waals surface area contributed by atoms with Gasteiger partial charge in [0.15, 0.2) is 5.82 Å². The molecule has 1 saturated heterocycles. The van der Waals surface area contributed by atoms with Gasteiger partial charge >= 0.3 is 0 Å². The van der Waals surface area contributed by atoms with Gasteiger partial charge in [0.05, 0.1) is 24.5 Å². The molecule has 0 amide bonds. The number of ether oxygens (including phenoxy) is 1. The van der Waals surface area contributed by atoms with Gasteiger partial charge in [-0.3, -0.25) is 0 Å². The summed E-state index contributed by atoms with van der Waals surface area (Å²) in [5.41, 5.74) is -0.363. The standard InChI is InChI=1S/C13H21ClN4O2/c1-4-15-12-16-5-10(14)11(17-12)18-6-9(7-19)20-13(2,3)8-18/h5,9,19H,4,6-8H2,1-3H3,(H,15,16,17). The van der Waals surface area contributed by atoms with E-state index in [0.29, 0.717) is 29.9 Å². The van der Waals surface area contributed by atoms with Gasteiger partial charge in [-0.2, -0.15) is 4.98 Å². The Morgan fingerprint density at radius 1 is 1.60 bits per heavy atom. The minimum Gasteiger partial charge on any atom is -0.394 e. The van der Waals surface area contributed by atoms with Crippen LogP contribution in [-0.4, -0.2) is 53.0 Å². The van der Waals surface area contributed by atoms with Gasteiger partial charge in [0.25, 0.3) is 0 Å². The molecule has 0 radical (unpaired) electrons. The second kappa shape index (κ2) is 6.11. The number of hydrogen-bond acceptors (Lipinski definition) is 6. The van der Waals surface area contributed by atoms with Gasteiger partial charge in [0.1, 0.15) is 5.02 Å². The number of morpholine rings is 1. The van der Waals surface area contributed by atoms with Gasteiger partial charge in [-0.15, -0.1) is 0 Å². The van der Waals surface area contributed by atoms with Crippen LogP contribution in [0.15, 0.2) is 6.20 Å². The Balaban J connectivity index is 2.27. The molecule has 1 atom stereocenters. The molecule has 2 rings (SSSR count). The number of nitrogens with zero attached hydrogens (tertiary/aromatic N) is 3. The fraction of sp³-hybridized carbons (Fsp3) is 0.692. The Labute approximate surface area is 124 Å². The van der Waals surface area contributed by atoms with Crippen molar-refractivity contribution in [3.05, 3.63) is 11.2 Å². The zero-order valence-corrected chi connectivity index (χ0v) is 12.8. The molecule has 1 aromatic rings. The number of hydrogen-bond donors (Lipinski definition) is 2. The lowest BCUT2D eigenvalue weighted by Gasteiger charge is -2.43. The Morgan fingerprint density at radius 3 is 3.00 bits per heavy atom. The maximum absolute atomic E-state index is 9.37. The van der Waals surface area contributed by atoms with E-state index in [4.69, 9.17) is 16.3 Å². The van der Waals surface area contributed by atoms with Crippen molar-refractivity contribution in [3.8, 4) is 0 Å². The van der Waals surface area contributed by atoms with Crippen molar-refractivity contribution in [2.45, 2.75) is 32.5 Å². The maximum atomic E-state index is 9.37. The maximum Gasteiger partial charge on any atom is 0.224 e. The third-order valence-electron chi connectivity index (χ3n) is 3.05. The minimum atomic E-state index is -0.363. The minimum absolute atomic E-state index is 0.0251. The Bertz CT molecular complexity index is 470. The van der Waals surface area contributed by atoms with E-state index in [1.165, 1.54) is 0 Å². The Kier molecular flexibility index (Phi) is 4.67. The number of aliphatic hydroxyl groups is 1. The van der Waals surface area contributed by atoms with E-state index in [-0.39, 0.29) is 18.3 Å². The van der Waals surface area contributed by atoms with Gasteiger partial charge in [0.2, 0.25) is 5.95 Å². The van der Waals surface area contributed by atoms with E-state index in [2.05, 4.69) is 15.3 Å². The van der Waals surface area contributed by atoms with Crippen LogP contribution < -0.4 is 10.2 Å². The van der Waals surface area contributed by atoms with E-state index >= 15 is 0 Å². The molecule has 6 nitrogen and oxygen atoms in total. The SMILES string of the molecule is CCNc1ncc(Cl)c(N2CC(CO)OC(C)(C)C2)n1. The van der Waals surface area contributed by atoms with Crippen LogP contribution in [0.1, 0.15) is 20.8 Å². The highest BCUT2D eigenvalue weighted by molar-refractivity contribution is 6.32. The molecule has 1 aliphatic heterocycles. The van der Waals surface area contributed by atoms with Crippen LogP contribution in [-0.2, 0) is 4.74 Å². The first-order chi connectivity index (χ1) is 9.45. The van der Waals surface area contributed by atoms with Gasteiger partial charge in [-0.25, -0.2) is 4.98 Å². The number of rotatable bonds is 4. The lowest BCUT2D eigenvalue weighted by molar-refractivity contribution is -0.101. The summed E-state index contributed by atoms with van der Waals surface area (Å²) in [6.45, 7) is 7.90. The van der Waals surface area contributed by atoms with Crippen molar-refractivity contribution >= 4 is 23.4 Å². The van der Waals surface area contributed by atoms with Crippen molar-refractivity contribution in [2.24, 2.45) is 0 Å². The quantitative estimate of drug-likeness (QED) is 0.879. The lowest BCUT2D eigenvalue weighted by Crippen LogP contribution is -2.54. The smallest absolute Gasteiger partial charge is 0.224 e. The molecule has 1 fully saturated rings. The zero-order valence-electron chi connectivity index (χ0n) is 12.1. The van der Waals surface area contributed by atoms with E-state index in [0.717, 1.165) is 6.54 Å². The van der Waals surface area contributed by atoms with Crippen molar-refractivity contribution < 1.29 is 9.84 Å². The second-order valence-corrected chi connectivity index (χ2v) is 5.87. The first-order valence-electron chi connectivity index (χ1n) is 6.75. The normalized spacial score (nSPS) is 21.9. The summed E-state index contributed by atoms with van der Waals surface area (Å²) < 4.78 is 5.80. The number of anilines is 2. The lowest BCUT2D eigenvalue weighted by atomic mass is 10.1. The molecular weight excluding hydrogens is 280 g/mol. The predicted octanol–water partition coefficient (Wildman–Crippen LogP) is 1.54. The molecule has 0 saturated carbocycles. The summed E-state index contributed by atoms with van der Waals surface area (Å²) in [5.74, 6) is 1.23. The molecule has 1 unspecified atom stereocenters. The molecular formula is C13H21ClN4O2. The molecule has 7 heteroatoms. The summed E-state index contributed by atoms with van der Waals surface area (Å²) in [6, 6.07) is 0. The molecule has 0 bridgehead atoms. The van der Waals surface area contributed by atoms with E-state index in [1.54, 1.807) is 6.20 Å². The summed E-state index contributed by atoms with van der Waals surface area (Å²) in [7, 11) is 0. The summed E-state index contributed by atoms with van der Waals surface area (Å²) >= 11 is 6.22. The second-order valence-electron chi connectivity index (χ2n) is 5.46. The number of aromatic nitrogens is 2. The van der Waals surface area contributed by atoms with Crippen molar-refractivity contribution in [3.63, 3.8) is 0 Å². The van der Waals surface area contributed by atoms with Gasteiger partial charge in [-0.1, -0.05) is 11.6 Å². The first-order valence-corrected chi connectivity index (χ1v) is 7.13. The highest BCUT2D eigenvalue weighted by Crippen LogP contribution is 2.29. The summed E-state index contributed by atoms with van der Waals surface area (Å²) in [4.78, 5) is 10.6. The van der Waals surface area contributed by atoms with Crippen LogP contribution in [0.4, 0.5) is 11.8 Å². The average Bonchev–Trinajstić information content (AvgIpc) is 2.39. The molecule has 0 spiro atoms. The molecule has 0 aromatic carbocycles. The van der Waals surface area contributed by atoms with Crippen molar-refractivity contribution in [1.82, 2.24) is 9.97 Å². The molecule has 2 heterocycles. The predicted molar refractivity (Wildman–Crippen MR) is 79.5 cm³/mol. The Morgan fingerprint density at radius 2 is 2.35 bits per heavy atom. The van der Waals surface area contributed by atoms with E-state index in [1.807, 2.05) is 25.7 Å². The highest BCUT2D eigenvalue weighted by atomic mass is 35.5. The van der Waals surface area contributed by atoms with Crippen molar-refractivity contribution in [2.75, 3.05) is 36.5 Å². The molecule has 0 aliphatic carbocycles. The van der Waals surface area contributed by atoms with Crippen LogP contribution in [0.3, 0.4) is 0 Å². The summed E-state index contributed by atoms with van der Waals surface area (Å²) in [6.07, 6.45) is 1.35. The highest BCUT2D eigenvalue weighted by Gasteiger charge is 2.34. The monoisotopic (exact) mass is 300 g/mol. The van der Waals surface area contributed by atoms with E-state index in [9.17, 15) is 5.11 Å². The zero-order chi connectivity index (χ0) is 14.8. The summed E-state index contributed by atoms with van der Waals surface area (Å²) in [5, 5.41) is 12.9. The fourth-order valence-corrected chi connectivity index (χ4v) is 2.59. The topological polar surface area (TPSA) is 70.5 Å². The first kappa shape index (κ1) is 15.3. The van der Waals surface area contributed by atoms with Crippen LogP contribution in [0.2, 0.25) is 5.02 Å². The average molecular weight is 301 g/mol. The van der Waals surface area contributed by atoms with Gasteiger partial charge in [-0.05, 0) is 20.8 Å². The van der Waals surface area contributed by atoms with E-state index < -0.39 is 0 Å². The third kappa shape index (κ3) is 3.50. The van der Waals surface area contributed by atoms with Gasteiger partial charge < -0.3 is 20.1 Å². The van der Waals surface area contributed by atoms with Crippen LogP contribution in [0, 0.1) is 0 Å². The third-order valence-corrected chi connectivity index (χ3v) is 3.31. The molecule has 112 valence electrons. The molecule has 20 heavy (non-hydrogen) atoms. The molecule has 2 N–H and O–H groups in total. The van der Waals surface area contributed by atoms with Gasteiger partial charge in [0, 0.05) is 19.6 Å². The van der Waals surface area contributed by atoms with Crippen molar-refractivity contribution in [1.29, 1.82) is 0 Å². The molecule has 1 aliphatic rings. The van der Waals surface area contributed by atoms with Crippen LogP contribution in [0.25, 0.3) is 0 Å².